The van der Waals surface area contributed by atoms with Crippen molar-refractivity contribution in [3.05, 3.63) is 64.6 Å². The Labute approximate surface area is 170 Å². The fraction of sp³-hybridized carbons (Fsp3) is 0.368. The Hall–Kier alpha value is -3.37. The number of nitrogens with zero attached hydrogens (tertiary/aromatic N) is 7. The zero-order chi connectivity index (χ0) is 21.3. The lowest BCUT2D eigenvalue weighted by Gasteiger charge is -2.36. The molecule has 158 valence electrons. The van der Waals surface area contributed by atoms with Crippen LogP contribution in [0.2, 0.25) is 0 Å². The second kappa shape index (κ2) is 7.81. The summed E-state index contributed by atoms with van der Waals surface area (Å²) in [6.07, 6.45) is -2.09. The summed E-state index contributed by atoms with van der Waals surface area (Å²) in [7, 11) is 0. The predicted octanol–water partition coefficient (Wildman–Crippen LogP) is 1.99. The maximum Gasteiger partial charge on any atom is 0.435 e. The highest BCUT2D eigenvalue weighted by Crippen LogP contribution is 2.27. The van der Waals surface area contributed by atoms with Gasteiger partial charge in [-0.05, 0) is 30.7 Å². The summed E-state index contributed by atoms with van der Waals surface area (Å²) in [5, 5.41) is 3.43. The van der Waals surface area contributed by atoms with Crippen molar-refractivity contribution >= 4 is 11.6 Å². The van der Waals surface area contributed by atoms with Gasteiger partial charge >= 0.3 is 11.9 Å². The Bertz CT molecular complexity index is 1080. The molecule has 0 N–H and O–H groups in total. The van der Waals surface area contributed by atoms with Gasteiger partial charge in [0.2, 0.25) is 5.95 Å². The van der Waals surface area contributed by atoms with Gasteiger partial charge in [0.05, 0.1) is 0 Å². The van der Waals surface area contributed by atoms with E-state index in [1.165, 1.54) is 11.9 Å². The number of halogens is 3. The van der Waals surface area contributed by atoms with E-state index in [2.05, 4.69) is 45.1 Å². The molecule has 1 aliphatic rings. The van der Waals surface area contributed by atoms with E-state index in [1.54, 1.807) is 0 Å². The van der Waals surface area contributed by atoms with Crippen molar-refractivity contribution in [1.29, 1.82) is 0 Å². The summed E-state index contributed by atoms with van der Waals surface area (Å²) < 4.78 is 40.1. The van der Waals surface area contributed by atoms with Gasteiger partial charge in [-0.25, -0.2) is 9.78 Å². The third-order valence-corrected chi connectivity index (χ3v) is 4.91. The summed E-state index contributed by atoms with van der Waals surface area (Å²) in [6, 6.07) is 9.13. The molecule has 30 heavy (non-hydrogen) atoms. The van der Waals surface area contributed by atoms with E-state index in [4.69, 9.17) is 0 Å². The molecule has 0 bridgehead atoms. The van der Waals surface area contributed by atoms with Crippen LogP contribution >= 0.6 is 0 Å². The lowest BCUT2D eigenvalue weighted by Crippen LogP contribution is -2.47. The molecule has 4 rings (SSSR count). The van der Waals surface area contributed by atoms with Crippen LogP contribution in [-0.2, 0) is 12.8 Å². The standard InChI is InChI=1S/C19H20F3N7O/c1-14-3-2-4-15(11-14)26-7-9-27(10-8-26)17-23-12-28(18(30)24-17)13-29-6-5-16(25-29)19(20,21)22/h2-6,11-12H,7-10,13H2,1H3. The van der Waals surface area contributed by atoms with Gasteiger partial charge in [0, 0.05) is 38.1 Å². The molecule has 0 spiro atoms. The first-order chi connectivity index (χ1) is 14.3. The summed E-state index contributed by atoms with van der Waals surface area (Å²) in [5.74, 6) is 0.316. The zero-order valence-corrected chi connectivity index (χ0v) is 16.2. The second-order valence-electron chi connectivity index (χ2n) is 7.10. The number of aryl methyl sites for hydroxylation is 1. The minimum atomic E-state index is -4.53. The van der Waals surface area contributed by atoms with Crippen molar-refractivity contribution in [1.82, 2.24) is 24.3 Å². The van der Waals surface area contributed by atoms with E-state index < -0.39 is 17.6 Å². The zero-order valence-electron chi connectivity index (χ0n) is 16.2. The third kappa shape index (κ3) is 4.29. The fourth-order valence-electron chi connectivity index (χ4n) is 3.34. The van der Waals surface area contributed by atoms with Gasteiger partial charge in [0.25, 0.3) is 0 Å². The van der Waals surface area contributed by atoms with Crippen LogP contribution in [0.3, 0.4) is 0 Å². The number of alkyl halides is 3. The van der Waals surface area contributed by atoms with Crippen LogP contribution in [0.15, 0.2) is 47.7 Å². The maximum absolute atomic E-state index is 12.7. The molecule has 8 nitrogen and oxygen atoms in total. The van der Waals surface area contributed by atoms with Gasteiger partial charge in [-0.1, -0.05) is 12.1 Å². The molecule has 0 radical (unpaired) electrons. The highest BCUT2D eigenvalue weighted by molar-refractivity contribution is 5.50. The van der Waals surface area contributed by atoms with Gasteiger partial charge in [-0.15, -0.1) is 0 Å². The van der Waals surface area contributed by atoms with E-state index in [1.807, 2.05) is 11.0 Å². The molecule has 3 aromatic rings. The molecule has 11 heteroatoms. The number of aromatic nitrogens is 5. The molecule has 2 aromatic heterocycles. The minimum Gasteiger partial charge on any atom is -0.368 e. The van der Waals surface area contributed by atoms with Gasteiger partial charge < -0.3 is 9.80 Å². The summed E-state index contributed by atoms with van der Waals surface area (Å²) in [4.78, 5) is 24.7. The molecule has 0 amide bonds. The third-order valence-electron chi connectivity index (χ3n) is 4.91. The van der Waals surface area contributed by atoms with Crippen molar-refractivity contribution in [3.8, 4) is 0 Å². The predicted molar refractivity (Wildman–Crippen MR) is 105 cm³/mol. The molecule has 1 fully saturated rings. The van der Waals surface area contributed by atoms with Crippen molar-refractivity contribution in [3.63, 3.8) is 0 Å². The number of benzene rings is 1. The van der Waals surface area contributed by atoms with E-state index in [0.717, 1.165) is 40.3 Å². The summed E-state index contributed by atoms with van der Waals surface area (Å²) in [6.45, 7) is 4.70. The Kier molecular flexibility index (Phi) is 5.18. The van der Waals surface area contributed by atoms with Gasteiger partial charge in [-0.3, -0.25) is 9.25 Å². The maximum atomic E-state index is 12.7. The number of piperazine rings is 1. The fourth-order valence-corrected chi connectivity index (χ4v) is 3.34. The molecule has 3 heterocycles. The first-order valence-corrected chi connectivity index (χ1v) is 9.40. The first-order valence-electron chi connectivity index (χ1n) is 9.40. The largest absolute Gasteiger partial charge is 0.435 e. The second-order valence-corrected chi connectivity index (χ2v) is 7.10. The van der Waals surface area contributed by atoms with Crippen LogP contribution < -0.4 is 15.5 Å². The Morgan fingerprint density at radius 2 is 1.80 bits per heavy atom. The lowest BCUT2D eigenvalue weighted by molar-refractivity contribution is -0.141. The first kappa shape index (κ1) is 19.9. The van der Waals surface area contributed by atoms with Crippen molar-refractivity contribution in [2.45, 2.75) is 19.8 Å². The Morgan fingerprint density at radius 3 is 2.43 bits per heavy atom. The monoisotopic (exact) mass is 419 g/mol. The summed E-state index contributed by atoms with van der Waals surface area (Å²) in [5.41, 5.74) is 0.745. The Morgan fingerprint density at radius 1 is 1.07 bits per heavy atom. The molecule has 0 atom stereocenters. The highest BCUT2D eigenvalue weighted by Gasteiger charge is 2.33. The van der Waals surface area contributed by atoms with Crippen molar-refractivity contribution in [2.75, 3.05) is 36.0 Å². The molecular weight excluding hydrogens is 399 g/mol. The number of rotatable bonds is 4. The van der Waals surface area contributed by atoms with E-state index in [9.17, 15) is 18.0 Å². The van der Waals surface area contributed by atoms with Gasteiger partial charge in [0.15, 0.2) is 5.69 Å². The molecule has 1 saturated heterocycles. The number of hydrogen-bond acceptors (Lipinski definition) is 6. The van der Waals surface area contributed by atoms with Crippen LogP contribution in [0.1, 0.15) is 11.3 Å². The smallest absolute Gasteiger partial charge is 0.368 e. The van der Waals surface area contributed by atoms with Crippen LogP contribution in [-0.4, -0.2) is 50.5 Å². The number of anilines is 2. The molecule has 0 unspecified atom stereocenters. The van der Waals surface area contributed by atoms with Gasteiger partial charge in [0.1, 0.15) is 13.0 Å². The summed E-state index contributed by atoms with van der Waals surface area (Å²) >= 11 is 0. The van der Waals surface area contributed by atoms with E-state index >= 15 is 0 Å². The molecule has 0 aliphatic carbocycles. The minimum absolute atomic E-state index is 0.198. The van der Waals surface area contributed by atoms with E-state index in [-0.39, 0.29) is 6.67 Å². The average molecular weight is 419 g/mol. The molecular formula is C19H20F3N7O. The SMILES string of the molecule is Cc1cccc(N2CCN(c3ncn(Cn4ccc(C(F)(F)F)n4)c(=O)n3)CC2)c1. The van der Waals surface area contributed by atoms with Crippen molar-refractivity contribution in [2.24, 2.45) is 0 Å². The van der Waals surface area contributed by atoms with E-state index in [0.29, 0.717) is 19.0 Å². The quantitative estimate of drug-likeness (QED) is 0.644. The highest BCUT2D eigenvalue weighted by atomic mass is 19.4. The van der Waals surface area contributed by atoms with Gasteiger partial charge in [-0.2, -0.15) is 23.3 Å². The number of hydrogen-bond donors (Lipinski definition) is 0. The molecule has 1 aliphatic heterocycles. The average Bonchev–Trinajstić information content (AvgIpc) is 3.19. The molecule has 0 saturated carbocycles. The lowest BCUT2D eigenvalue weighted by atomic mass is 10.2. The van der Waals surface area contributed by atoms with Crippen LogP contribution in [0.4, 0.5) is 24.8 Å². The van der Waals surface area contributed by atoms with Crippen molar-refractivity contribution < 1.29 is 13.2 Å². The molecule has 1 aromatic carbocycles. The van der Waals surface area contributed by atoms with Crippen LogP contribution in [0.5, 0.6) is 0 Å². The van der Waals surface area contributed by atoms with Crippen LogP contribution in [0, 0.1) is 6.92 Å². The topological polar surface area (TPSA) is 72.1 Å². The normalized spacial score (nSPS) is 14.9. The van der Waals surface area contributed by atoms with Crippen LogP contribution in [0.25, 0.3) is 0 Å². The Balaban J connectivity index is 1.41.